The summed E-state index contributed by atoms with van der Waals surface area (Å²) >= 11 is 0. The largest absolute Gasteiger partial charge is 0.381 e. The molecule has 0 unspecified atom stereocenters. The van der Waals surface area contributed by atoms with Crippen LogP contribution >= 0.6 is 0 Å². The van der Waals surface area contributed by atoms with Crippen LogP contribution in [-0.2, 0) is 37.4 Å². The summed E-state index contributed by atoms with van der Waals surface area (Å²) in [5.74, 6) is 0. The second-order valence-electron chi connectivity index (χ2n) is 3.09. The third-order valence-electron chi connectivity index (χ3n) is 1.97. The van der Waals surface area contributed by atoms with Gasteiger partial charge in [0.1, 0.15) is 0 Å². The third-order valence-corrected chi connectivity index (χ3v) is 1.97. The number of aryl methyl sites for hydroxylation is 1. The molecule has 0 saturated carbocycles. The van der Waals surface area contributed by atoms with Crippen molar-refractivity contribution in [2.75, 3.05) is 13.7 Å². The molecule has 1 rings (SSSR count). The van der Waals surface area contributed by atoms with Gasteiger partial charge in [0, 0.05) is 50.4 Å². The SMILES string of the molecule is COC/C=C/c1ccc(N=[N+]=[N-])cc1C.[CH3-].[Y]. The van der Waals surface area contributed by atoms with Crippen molar-refractivity contribution >= 4 is 11.8 Å². The van der Waals surface area contributed by atoms with Gasteiger partial charge in [0.2, 0.25) is 0 Å². The van der Waals surface area contributed by atoms with E-state index in [0.717, 1.165) is 11.1 Å². The van der Waals surface area contributed by atoms with E-state index >= 15 is 0 Å². The van der Waals surface area contributed by atoms with Crippen LogP contribution in [0.1, 0.15) is 11.1 Å². The van der Waals surface area contributed by atoms with Crippen molar-refractivity contribution in [1.82, 2.24) is 0 Å². The van der Waals surface area contributed by atoms with E-state index in [0.29, 0.717) is 12.3 Å². The summed E-state index contributed by atoms with van der Waals surface area (Å²) in [6.07, 6.45) is 3.92. The summed E-state index contributed by atoms with van der Waals surface area (Å²) < 4.78 is 4.91. The maximum atomic E-state index is 8.28. The van der Waals surface area contributed by atoms with Crippen LogP contribution in [0.4, 0.5) is 5.69 Å². The standard InChI is InChI=1S/C11H13N3O.CH3.Y/c1-9-8-11(13-14-12)6-5-10(9)4-3-7-15-2;;/h3-6,8H,7H2,1-2H3;1H3;/q;-1;/b4-3+;;. The fourth-order valence-electron chi connectivity index (χ4n) is 1.23. The Labute approximate surface area is 128 Å². The molecular formula is C12H16N3OY-. The first-order valence-electron chi connectivity index (χ1n) is 4.59. The van der Waals surface area contributed by atoms with Crippen LogP contribution < -0.4 is 0 Å². The molecule has 0 N–H and O–H groups in total. The summed E-state index contributed by atoms with van der Waals surface area (Å²) in [5.41, 5.74) is 11.1. The van der Waals surface area contributed by atoms with Crippen LogP contribution in [0.15, 0.2) is 29.4 Å². The Bertz CT molecular complexity index is 412. The molecule has 0 aliphatic heterocycles. The summed E-state index contributed by atoms with van der Waals surface area (Å²) in [5, 5.41) is 3.54. The summed E-state index contributed by atoms with van der Waals surface area (Å²) in [4.78, 5) is 2.74. The van der Waals surface area contributed by atoms with Crippen molar-refractivity contribution in [1.29, 1.82) is 0 Å². The smallest absolute Gasteiger partial charge is 0.0646 e. The number of ether oxygens (including phenoxy) is 1. The van der Waals surface area contributed by atoms with Gasteiger partial charge in [-0.3, -0.25) is 0 Å². The van der Waals surface area contributed by atoms with Gasteiger partial charge in [-0.25, -0.2) is 0 Å². The van der Waals surface area contributed by atoms with E-state index in [2.05, 4.69) is 10.0 Å². The molecule has 0 saturated heterocycles. The van der Waals surface area contributed by atoms with Crippen LogP contribution in [0.5, 0.6) is 0 Å². The average Bonchev–Trinajstić information content (AvgIpc) is 2.22. The molecule has 0 atom stereocenters. The number of nitrogens with zero attached hydrogens (tertiary/aromatic N) is 3. The van der Waals surface area contributed by atoms with Gasteiger partial charge < -0.3 is 12.2 Å². The van der Waals surface area contributed by atoms with Gasteiger partial charge in [-0.2, -0.15) is 0 Å². The topological polar surface area (TPSA) is 58.0 Å². The van der Waals surface area contributed by atoms with E-state index in [4.69, 9.17) is 10.3 Å². The van der Waals surface area contributed by atoms with Gasteiger partial charge in [-0.15, -0.1) is 0 Å². The molecule has 0 amide bonds. The first kappa shape index (κ1) is 18.7. The van der Waals surface area contributed by atoms with Crippen LogP contribution in [0, 0.1) is 14.4 Å². The normalized spacial score (nSPS) is 9.06. The van der Waals surface area contributed by atoms with Gasteiger partial charge in [0.25, 0.3) is 0 Å². The minimum atomic E-state index is 0. The number of hydrogen-bond acceptors (Lipinski definition) is 2. The van der Waals surface area contributed by atoms with Crippen LogP contribution in [-0.4, -0.2) is 13.7 Å². The molecule has 4 nitrogen and oxygen atoms in total. The Morgan fingerprint density at radius 3 is 2.71 bits per heavy atom. The summed E-state index contributed by atoms with van der Waals surface area (Å²) in [6.45, 7) is 2.57. The minimum Gasteiger partial charge on any atom is -0.381 e. The van der Waals surface area contributed by atoms with Crippen molar-refractivity contribution in [3.63, 3.8) is 0 Å². The Kier molecular flexibility index (Phi) is 11.5. The van der Waals surface area contributed by atoms with E-state index in [1.807, 2.05) is 31.2 Å². The van der Waals surface area contributed by atoms with Gasteiger partial charge >= 0.3 is 0 Å². The number of hydrogen-bond donors (Lipinski definition) is 0. The molecule has 0 fully saturated rings. The molecule has 0 spiro atoms. The van der Waals surface area contributed by atoms with Crippen LogP contribution in [0.3, 0.4) is 0 Å². The zero-order valence-electron chi connectivity index (χ0n) is 10.4. The molecular weight excluding hydrogens is 291 g/mol. The second kappa shape index (κ2) is 10.5. The van der Waals surface area contributed by atoms with Crippen molar-refractivity contribution in [2.24, 2.45) is 5.11 Å². The number of rotatable bonds is 4. The minimum absolute atomic E-state index is 0. The average molecular weight is 307 g/mol. The zero-order chi connectivity index (χ0) is 11.1. The molecule has 0 aliphatic carbocycles. The molecule has 0 aliphatic rings. The van der Waals surface area contributed by atoms with Crippen LogP contribution in [0.2, 0.25) is 0 Å². The van der Waals surface area contributed by atoms with Crippen molar-refractivity contribution in [2.45, 2.75) is 6.92 Å². The van der Waals surface area contributed by atoms with Gasteiger partial charge in [0.15, 0.2) is 0 Å². The molecule has 0 heterocycles. The van der Waals surface area contributed by atoms with E-state index < -0.39 is 0 Å². The number of benzene rings is 1. The maximum Gasteiger partial charge on any atom is 0.0646 e. The molecule has 0 aromatic heterocycles. The summed E-state index contributed by atoms with van der Waals surface area (Å²) in [7, 11) is 1.65. The number of methoxy groups -OCH3 is 1. The first-order chi connectivity index (χ1) is 7.27. The quantitative estimate of drug-likeness (QED) is 0.358. The van der Waals surface area contributed by atoms with E-state index in [1.165, 1.54) is 0 Å². The Morgan fingerprint density at radius 1 is 1.47 bits per heavy atom. The van der Waals surface area contributed by atoms with Crippen molar-refractivity contribution in [3.05, 3.63) is 53.3 Å². The third kappa shape index (κ3) is 6.59. The first-order valence-corrected chi connectivity index (χ1v) is 4.59. The Balaban J connectivity index is 0. The van der Waals surface area contributed by atoms with E-state index in [9.17, 15) is 0 Å². The summed E-state index contributed by atoms with van der Waals surface area (Å²) in [6, 6.07) is 5.57. The van der Waals surface area contributed by atoms with Gasteiger partial charge in [-0.1, -0.05) is 29.4 Å². The molecule has 17 heavy (non-hydrogen) atoms. The number of azide groups is 1. The van der Waals surface area contributed by atoms with Gasteiger partial charge in [0.05, 0.1) is 6.61 Å². The Morgan fingerprint density at radius 2 is 2.18 bits per heavy atom. The van der Waals surface area contributed by atoms with Gasteiger partial charge in [-0.05, 0) is 29.6 Å². The molecule has 1 aromatic carbocycles. The molecule has 89 valence electrons. The molecule has 1 radical (unpaired) electrons. The predicted molar refractivity (Wildman–Crippen MR) is 67.3 cm³/mol. The van der Waals surface area contributed by atoms with E-state index in [1.54, 1.807) is 13.2 Å². The zero-order valence-corrected chi connectivity index (χ0v) is 13.3. The van der Waals surface area contributed by atoms with Crippen molar-refractivity contribution in [3.8, 4) is 0 Å². The van der Waals surface area contributed by atoms with E-state index in [-0.39, 0.29) is 40.1 Å². The van der Waals surface area contributed by atoms with Crippen molar-refractivity contribution < 1.29 is 37.4 Å². The predicted octanol–water partition coefficient (Wildman–Crippen LogP) is 4.04. The van der Waals surface area contributed by atoms with Crippen LogP contribution in [0.25, 0.3) is 16.5 Å². The molecule has 5 heteroatoms. The Hall–Kier alpha value is -0.666. The second-order valence-corrected chi connectivity index (χ2v) is 3.09. The maximum absolute atomic E-state index is 8.28. The monoisotopic (exact) mass is 307 g/mol. The fourth-order valence-corrected chi connectivity index (χ4v) is 1.23. The molecule has 1 aromatic rings. The molecule has 0 bridgehead atoms. The fraction of sp³-hybridized carbons (Fsp3) is 0.250.